The second-order valence-corrected chi connectivity index (χ2v) is 2.47. The Morgan fingerprint density at radius 2 is 1.64 bits per heavy atom. The van der Waals surface area contributed by atoms with E-state index in [9.17, 15) is 26.3 Å². The van der Waals surface area contributed by atoms with Crippen LogP contribution in [0.15, 0.2) is 18.2 Å². The lowest BCUT2D eigenvalue weighted by Gasteiger charge is -2.19. The van der Waals surface area contributed by atoms with Gasteiger partial charge in [0.1, 0.15) is 5.82 Å². The first kappa shape index (κ1) is 10.9. The van der Waals surface area contributed by atoms with E-state index in [4.69, 9.17) is 0 Å². The van der Waals surface area contributed by atoms with E-state index in [2.05, 4.69) is 0 Å². The van der Waals surface area contributed by atoms with E-state index in [-0.39, 0.29) is 0 Å². The van der Waals surface area contributed by atoms with Crippen molar-refractivity contribution in [2.45, 2.75) is 12.1 Å². The van der Waals surface area contributed by atoms with Gasteiger partial charge in [-0.2, -0.15) is 22.0 Å². The third-order valence-electron chi connectivity index (χ3n) is 1.48. The zero-order valence-electron chi connectivity index (χ0n) is 6.50. The molecule has 0 N–H and O–H groups in total. The van der Waals surface area contributed by atoms with Gasteiger partial charge in [-0.05, 0) is 12.1 Å². The van der Waals surface area contributed by atoms with Crippen LogP contribution < -0.4 is 0 Å². The molecular weight excluding hydrogens is 210 g/mol. The molecule has 0 spiro atoms. The fraction of sp³-hybridized carbons (Fsp3) is 0.250. The van der Waals surface area contributed by atoms with Gasteiger partial charge in [-0.25, -0.2) is 4.39 Å². The summed E-state index contributed by atoms with van der Waals surface area (Å²) in [6.45, 7) is 0. The second kappa shape index (κ2) is 3.18. The summed E-state index contributed by atoms with van der Waals surface area (Å²) >= 11 is 0. The summed E-state index contributed by atoms with van der Waals surface area (Å²) in [4.78, 5) is 0. The highest BCUT2D eigenvalue weighted by molar-refractivity contribution is 5.22. The fourth-order valence-electron chi connectivity index (χ4n) is 0.799. The molecule has 0 aliphatic rings. The van der Waals surface area contributed by atoms with Crippen molar-refractivity contribution < 1.29 is 26.3 Å². The number of benzene rings is 1. The highest BCUT2D eigenvalue weighted by atomic mass is 19.4. The lowest BCUT2D eigenvalue weighted by Crippen LogP contribution is -2.34. The van der Waals surface area contributed by atoms with Crippen molar-refractivity contribution in [3.63, 3.8) is 0 Å². The van der Waals surface area contributed by atoms with E-state index in [1.807, 2.05) is 0 Å². The molecule has 77 valence electrons. The SMILES string of the molecule is Fc1ccc[c]c1C(F)(F)C(F)(F)F. The van der Waals surface area contributed by atoms with E-state index in [0.717, 1.165) is 12.1 Å². The van der Waals surface area contributed by atoms with Gasteiger partial charge in [0.25, 0.3) is 0 Å². The van der Waals surface area contributed by atoms with Crippen molar-refractivity contribution in [2.75, 3.05) is 0 Å². The molecule has 0 fully saturated rings. The minimum absolute atomic E-state index is 0.519. The molecule has 0 aliphatic heterocycles. The van der Waals surface area contributed by atoms with Crippen molar-refractivity contribution in [3.8, 4) is 0 Å². The van der Waals surface area contributed by atoms with Gasteiger partial charge in [-0.15, -0.1) is 0 Å². The predicted molar refractivity (Wildman–Crippen MR) is 35.2 cm³/mol. The Morgan fingerprint density at radius 3 is 2.07 bits per heavy atom. The maximum Gasteiger partial charge on any atom is 0.458 e. The van der Waals surface area contributed by atoms with Crippen LogP contribution in [0.3, 0.4) is 0 Å². The van der Waals surface area contributed by atoms with Crippen LogP contribution in [0.2, 0.25) is 0 Å². The van der Waals surface area contributed by atoms with Gasteiger partial charge in [0.05, 0.1) is 5.56 Å². The summed E-state index contributed by atoms with van der Waals surface area (Å²) in [6.07, 6.45) is -5.81. The zero-order valence-corrected chi connectivity index (χ0v) is 6.50. The Kier molecular flexibility index (Phi) is 2.47. The summed E-state index contributed by atoms with van der Waals surface area (Å²) in [5, 5.41) is 0. The first-order valence-electron chi connectivity index (χ1n) is 3.38. The lowest BCUT2D eigenvalue weighted by molar-refractivity contribution is -0.290. The van der Waals surface area contributed by atoms with E-state index in [1.165, 1.54) is 6.07 Å². The zero-order chi connectivity index (χ0) is 11.0. The van der Waals surface area contributed by atoms with Crippen molar-refractivity contribution >= 4 is 0 Å². The molecule has 0 atom stereocenters. The molecule has 0 unspecified atom stereocenters. The maximum absolute atomic E-state index is 12.6. The highest BCUT2D eigenvalue weighted by Gasteiger charge is 2.59. The maximum atomic E-state index is 12.6. The number of halogens is 6. The van der Waals surface area contributed by atoms with E-state index >= 15 is 0 Å². The van der Waals surface area contributed by atoms with Gasteiger partial charge < -0.3 is 0 Å². The molecule has 6 heteroatoms. The van der Waals surface area contributed by atoms with Crippen molar-refractivity contribution in [1.29, 1.82) is 0 Å². The number of hydrogen-bond donors (Lipinski definition) is 0. The number of hydrogen-bond acceptors (Lipinski definition) is 0. The molecule has 0 heterocycles. The minimum Gasteiger partial charge on any atom is -0.206 e. The standard InChI is InChI=1S/C8H3F6/c9-6-4-2-1-3-5(6)7(10,11)8(12,13)14/h1-2,4H. The van der Waals surface area contributed by atoms with Crippen LogP contribution in [0.25, 0.3) is 0 Å². The summed E-state index contributed by atoms with van der Waals surface area (Å²) in [6, 6.07) is 3.83. The van der Waals surface area contributed by atoms with Crippen LogP contribution in [0, 0.1) is 11.9 Å². The van der Waals surface area contributed by atoms with Gasteiger partial charge in [-0.3, -0.25) is 0 Å². The predicted octanol–water partition coefficient (Wildman–Crippen LogP) is 3.28. The van der Waals surface area contributed by atoms with Crippen molar-refractivity contribution in [1.82, 2.24) is 0 Å². The molecule has 0 amide bonds. The van der Waals surface area contributed by atoms with Crippen LogP contribution in [0.4, 0.5) is 26.3 Å². The smallest absolute Gasteiger partial charge is 0.206 e. The van der Waals surface area contributed by atoms with Crippen LogP contribution in [0.5, 0.6) is 0 Å². The van der Waals surface area contributed by atoms with Crippen LogP contribution in [0.1, 0.15) is 5.56 Å². The summed E-state index contributed by atoms with van der Waals surface area (Å²) in [5.41, 5.74) is -1.78. The van der Waals surface area contributed by atoms with Gasteiger partial charge in [0, 0.05) is 0 Å². The Hall–Kier alpha value is -1.20. The van der Waals surface area contributed by atoms with E-state index in [1.54, 1.807) is 0 Å². The molecule has 0 saturated carbocycles. The molecule has 0 bridgehead atoms. The first-order chi connectivity index (χ1) is 6.27. The monoisotopic (exact) mass is 213 g/mol. The largest absolute Gasteiger partial charge is 0.458 e. The van der Waals surface area contributed by atoms with E-state index < -0.39 is 23.5 Å². The molecule has 1 aromatic rings. The van der Waals surface area contributed by atoms with Gasteiger partial charge >= 0.3 is 12.1 Å². The van der Waals surface area contributed by atoms with Crippen LogP contribution in [-0.2, 0) is 5.92 Å². The number of alkyl halides is 5. The summed E-state index contributed by atoms with van der Waals surface area (Å²) < 4.78 is 72.9. The summed E-state index contributed by atoms with van der Waals surface area (Å²) in [5.74, 6) is -6.84. The Labute approximate surface area is 75.2 Å². The topological polar surface area (TPSA) is 0 Å². The quantitative estimate of drug-likeness (QED) is 0.628. The Balaban J connectivity index is 3.23. The summed E-state index contributed by atoms with van der Waals surface area (Å²) in [7, 11) is 0. The minimum atomic E-state index is -5.81. The molecular formula is C8H3F6. The second-order valence-electron chi connectivity index (χ2n) is 2.47. The van der Waals surface area contributed by atoms with Crippen LogP contribution >= 0.6 is 0 Å². The van der Waals surface area contributed by atoms with E-state index in [0.29, 0.717) is 6.07 Å². The third kappa shape index (κ3) is 1.69. The lowest BCUT2D eigenvalue weighted by atomic mass is 10.1. The Morgan fingerprint density at radius 1 is 1.07 bits per heavy atom. The normalized spacial score (nSPS) is 13.0. The molecule has 14 heavy (non-hydrogen) atoms. The molecule has 0 nitrogen and oxygen atoms in total. The first-order valence-corrected chi connectivity index (χ1v) is 3.38. The fourth-order valence-corrected chi connectivity index (χ4v) is 0.799. The van der Waals surface area contributed by atoms with Gasteiger partial charge in [0.15, 0.2) is 0 Å². The van der Waals surface area contributed by atoms with Gasteiger partial charge in [-0.1, -0.05) is 12.1 Å². The molecule has 0 saturated heterocycles. The average molecular weight is 213 g/mol. The third-order valence-corrected chi connectivity index (χ3v) is 1.48. The highest BCUT2D eigenvalue weighted by Crippen LogP contribution is 2.44. The molecule has 0 aliphatic carbocycles. The average Bonchev–Trinajstić information content (AvgIpc) is 2.02. The molecule has 1 rings (SSSR count). The van der Waals surface area contributed by atoms with Crippen molar-refractivity contribution in [2.24, 2.45) is 0 Å². The molecule has 1 radical (unpaired) electrons. The van der Waals surface area contributed by atoms with Gasteiger partial charge in [0.2, 0.25) is 0 Å². The number of rotatable bonds is 1. The van der Waals surface area contributed by atoms with Crippen molar-refractivity contribution in [3.05, 3.63) is 35.6 Å². The van der Waals surface area contributed by atoms with Crippen LogP contribution in [-0.4, -0.2) is 6.18 Å². The molecule has 1 aromatic carbocycles. The molecule has 0 aromatic heterocycles. The Bertz CT molecular complexity index is 327.